The highest BCUT2D eigenvalue weighted by Gasteiger charge is 2.15. The Bertz CT molecular complexity index is 1070. The first-order chi connectivity index (χ1) is 15.6. The van der Waals surface area contributed by atoms with Crippen LogP contribution in [0.3, 0.4) is 0 Å². The highest BCUT2D eigenvalue weighted by molar-refractivity contribution is 7.99. The number of hydrogen-bond donors (Lipinski definition) is 0. The van der Waals surface area contributed by atoms with Crippen molar-refractivity contribution in [1.29, 1.82) is 0 Å². The Morgan fingerprint density at radius 1 is 0.719 bits per heavy atom. The standard InChI is InChI=1S/C20H26N8O2S2/c1-5-13-11-15(27(3)25-13)17-21-23-19(29-17)31-9-7-8-10-32-20-24-22-18(30-20)16-12-14(6-2)26-28(16)4/h11-12H,5-10H2,1-4H3. The van der Waals surface area contributed by atoms with E-state index in [2.05, 4.69) is 44.4 Å². The van der Waals surface area contributed by atoms with Crippen LogP contribution in [0.5, 0.6) is 0 Å². The van der Waals surface area contributed by atoms with Crippen LogP contribution in [0.2, 0.25) is 0 Å². The van der Waals surface area contributed by atoms with Gasteiger partial charge in [0.2, 0.25) is 0 Å². The SMILES string of the molecule is CCc1cc(-c2nnc(SCCCCSc3nnc(-c4cc(CC)nn4C)o3)o2)n(C)n1. The van der Waals surface area contributed by atoms with E-state index in [1.54, 1.807) is 32.9 Å². The summed E-state index contributed by atoms with van der Waals surface area (Å²) in [6.07, 6.45) is 3.78. The van der Waals surface area contributed by atoms with Crippen LogP contribution in [0.1, 0.15) is 38.1 Å². The summed E-state index contributed by atoms with van der Waals surface area (Å²) < 4.78 is 15.1. The Morgan fingerprint density at radius 2 is 1.16 bits per heavy atom. The Kier molecular flexibility index (Phi) is 7.30. The van der Waals surface area contributed by atoms with Gasteiger partial charge in [-0.3, -0.25) is 9.36 Å². The van der Waals surface area contributed by atoms with Gasteiger partial charge in [0, 0.05) is 25.6 Å². The zero-order valence-electron chi connectivity index (χ0n) is 18.6. The third-order valence-corrected chi connectivity index (χ3v) is 6.64. The van der Waals surface area contributed by atoms with Crippen LogP contribution in [0, 0.1) is 0 Å². The zero-order chi connectivity index (χ0) is 22.5. The van der Waals surface area contributed by atoms with Crippen molar-refractivity contribution in [3.8, 4) is 23.2 Å². The molecule has 4 rings (SSSR count). The molecule has 0 saturated heterocycles. The van der Waals surface area contributed by atoms with Gasteiger partial charge in [-0.25, -0.2) is 0 Å². The maximum absolute atomic E-state index is 5.78. The number of nitrogens with zero attached hydrogens (tertiary/aromatic N) is 8. The van der Waals surface area contributed by atoms with Crippen LogP contribution >= 0.6 is 23.5 Å². The van der Waals surface area contributed by atoms with Gasteiger partial charge < -0.3 is 8.83 Å². The van der Waals surface area contributed by atoms with Gasteiger partial charge in [0.25, 0.3) is 22.2 Å². The molecule has 0 aliphatic rings. The molecule has 4 aromatic rings. The minimum absolute atomic E-state index is 0.504. The maximum Gasteiger partial charge on any atom is 0.276 e. The number of unbranched alkanes of at least 4 members (excludes halogenated alkanes) is 1. The second-order valence-corrected chi connectivity index (χ2v) is 9.24. The topological polar surface area (TPSA) is 113 Å². The number of thioether (sulfide) groups is 2. The van der Waals surface area contributed by atoms with Gasteiger partial charge in [0.15, 0.2) is 0 Å². The van der Waals surface area contributed by atoms with Gasteiger partial charge in [-0.05, 0) is 37.8 Å². The van der Waals surface area contributed by atoms with Crippen molar-refractivity contribution in [1.82, 2.24) is 40.0 Å². The number of rotatable bonds is 11. The van der Waals surface area contributed by atoms with Crippen LogP contribution in [0.4, 0.5) is 0 Å². The Morgan fingerprint density at radius 3 is 1.53 bits per heavy atom. The van der Waals surface area contributed by atoms with E-state index in [9.17, 15) is 0 Å². The molecule has 12 heteroatoms. The fourth-order valence-corrected chi connectivity index (χ4v) is 4.58. The number of aryl methyl sites for hydroxylation is 4. The number of hydrogen-bond acceptors (Lipinski definition) is 10. The first-order valence-corrected chi connectivity index (χ1v) is 12.5. The van der Waals surface area contributed by atoms with Crippen molar-refractivity contribution >= 4 is 23.5 Å². The lowest BCUT2D eigenvalue weighted by molar-refractivity contribution is 0.461. The third-order valence-electron chi connectivity index (χ3n) is 4.83. The Hall–Kier alpha value is -2.60. The van der Waals surface area contributed by atoms with E-state index in [1.807, 2.05) is 26.2 Å². The monoisotopic (exact) mass is 474 g/mol. The lowest BCUT2D eigenvalue weighted by Gasteiger charge is -1.98. The van der Waals surface area contributed by atoms with Gasteiger partial charge >= 0.3 is 0 Å². The normalized spacial score (nSPS) is 11.5. The number of aromatic nitrogens is 8. The molecule has 4 aromatic heterocycles. The molecule has 0 amide bonds. The summed E-state index contributed by atoms with van der Waals surface area (Å²) in [6.45, 7) is 4.14. The minimum Gasteiger partial charge on any atom is -0.410 e. The predicted molar refractivity (Wildman–Crippen MR) is 122 cm³/mol. The maximum atomic E-state index is 5.78. The van der Waals surface area contributed by atoms with Crippen LogP contribution < -0.4 is 0 Å². The molecule has 32 heavy (non-hydrogen) atoms. The molecule has 10 nitrogen and oxygen atoms in total. The highest BCUT2D eigenvalue weighted by atomic mass is 32.2. The molecule has 0 aliphatic carbocycles. The smallest absolute Gasteiger partial charge is 0.276 e. The Balaban J connectivity index is 1.19. The van der Waals surface area contributed by atoms with E-state index in [-0.39, 0.29) is 0 Å². The minimum atomic E-state index is 0.504. The Labute approximate surface area is 194 Å². The molecule has 0 fully saturated rings. The largest absolute Gasteiger partial charge is 0.410 e. The molecule has 0 radical (unpaired) electrons. The molecule has 170 valence electrons. The fourth-order valence-electron chi connectivity index (χ4n) is 3.07. The average molecular weight is 475 g/mol. The lowest BCUT2D eigenvalue weighted by Crippen LogP contribution is -1.94. The summed E-state index contributed by atoms with van der Waals surface area (Å²) >= 11 is 3.14. The third kappa shape index (κ3) is 5.23. The highest BCUT2D eigenvalue weighted by Crippen LogP contribution is 2.26. The van der Waals surface area contributed by atoms with Crippen molar-refractivity contribution in [3.63, 3.8) is 0 Å². The summed E-state index contributed by atoms with van der Waals surface area (Å²) in [5.74, 6) is 2.81. The molecule has 0 saturated carbocycles. The summed E-state index contributed by atoms with van der Waals surface area (Å²) in [6, 6.07) is 3.97. The zero-order valence-corrected chi connectivity index (χ0v) is 20.2. The predicted octanol–water partition coefficient (Wildman–Crippen LogP) is 4.04. The second-order valence-electron chi connectivity index (χ2n) is 7.15. The lowest BCUT2D eigenvalue weighted by atomic mass is 10.3. The van der Waals surface area contributed by atoms with Gasteiger partial charge in [0.1, 0.15) is 11.4 Å². The van der Waals surface area contributed by atoms with Crippen molar-refractivity contribution < 1.29 is 8.83 Å². The molecular weight excluding hydrogens is 448 g/mol. The van der Waals surface area contributed by atoms with E-state index in [0.717, 1.165) is 60.0 Å². The van der Waals surface area contributed by atoms with Crippen LogP contribution in [-0.4, -0.2) is 51.5 Å². The summed E-state index contributed by atoms with van der Waals surface area (Å²) in [5, 5.41) is 26.6. The van der Waals surface area contributed by atoms with Crippen LogP contribution in [0.25, 0.3) is 23.2 Å². The van der Waals surface area contributed by atoms with Gasteiger partial charge in [-0.2, -0.15) is 10.2 Å². The van der Waals surface area contributed by atoms with Gasteiger partial charge in [-0.15, -0.1) is 20.4 Å². The summed E-state index contributed by atoms with van der Waals surface area (Å²) in [5.41, 5.74) is 3.70. The first-order valence-electron chi connectivity index (χ1n) is 10.6. The van der Waals surface area contributed by atoms with E-state index < -0.39 is 0 Å². The summed E-state index contributed by atoms with van der Waals surface area (Å²) in [7, 11) is 3.77. The molecule has 0 aliphatic heterocycles. The van der Waals surface area contributed by atoms with E-state index >= 15 is 0 Å². The van der Waals surface area contributed by atoms with E-state index in [1.165, 1.54) is 0 Å². The van der Waals surface area contributed by atoms with Crippen molar-refractivity contribution in [2.45, 2.75) is 50.0 Å². The molecule has 0 spiro atoms. The van der Waals surface area contributed by atoms with Crippen molar-refractivity contribution in [2.24, 2.45) is 14.1 Å². The molecular formula is C20H26N8O2S2. The van der Waals surface area contributed by atoms with Crippen LogP contribution in [-0.2, 0) is 26.9 Å². The molecule has 0 aromatic carbocycles. The quantitative estimate of drug-likeness (QED) is 0.233. The van der Waals surface area contributed by atoms with Crippen LogP contribution in [0.15, 0.2) is 31.4 Å². The van der Waals surface area contributed by atoms with E-state index in [0.29, 0.717) is 22.2 Å². The van der Waals surface area contributed by atoms with Crippen molar-refractivity contribution in [3.05, 3.63) is 23.5 Å². The summed E-state index contributed by atoms with van der Waals surface area (Å²) in [4.78, 5) is 0. The molecule has 0 N–H and O–H groups in total. The first kappa shape index (κ1) is 22.6. The molecule has 4 heterocycles. The molecule has 0 unspecified atom stereocenters. The molecule has 0 atom stereocenters. The molecule has 0 bridgehead atoms. The van der Waals surface area contributed by atoms with E-state index in [4.69, 9.17) is 8.83 Å². The van der Waals surface area contributed by atoms with Gasteiger partial charge in [0.05, 0.1) is 11.4 Å². The van der Waals surface area contributed by atoms with Crippen molar-refractivity contribution in [2.75, 3.05) is 11.5 Å². The second kappa shape index (κ2) is 10.3. The fraction of sp³-hybridized carbons (Fsp3) is 0.500. The average Bonchev–Trinajstić information content (AvgIpc) is 3.57. The van der Waals surface area contributed by atoms with Gasteiger partial charge in [-0.1, -0.05) is 37.4 Å².